The lowest BCUT2D eigenvalue weighted by Crippen LogP contribution is -1.74. The molecule has 0 amide bonds. The van der Waals surface area contributed by atoms with Crippen molar-refractivity contribution in [3.8, 4) is 5.40 Å². The molecular formula is CN2O2S2. The monoisotopic (exact) mass is 136 g/mol. The zero-order chi connectivity index (χ0) is 5.70. The maximum atomic E-state index is 9.35. The Bertz CT molecular complexity index is 107. The topological polar surface area (TPSA) is 66.9 Å². The summed E-state index contributed by atoms with van der Waals surface area (Å²) in [5.41, 5.74) is 0. The van der Waals surface area contributed by atoms with E-state index in [1.807, 2.05) is 0 Å². The average Bonchev–Trinajstić information content (AvgIpc) is 1.61. The summed E-state index contributed by atoms with van der Waals surface area (Å²) in [6, 6.07) is 0. The molecule has 4 nitrogen and oxygen atoms in total. The van der Waals surface area contributed by atoms with Crippen LogP contribution in [0.3, 0.4) is 0 Å². The normalized spacial score (nSPS) is 7.29. The van der Waals surface area contributed by atoms with Gasteiger partial charge in [-0.2, -0.15) is 5.26 Å². The lowest BCUT2D eigenvalue weighted by atomic mass is 11.8. The van der Waals surface area contributed by atoms with Crippen molar-refractivity contribution in [1.82, 2.24) is 0 Å². The molecule has 0 spiro atoms. The Morgan fingerprint density at radius 3 is 2.57 bits per heavy atom. The van der Waals surface area contributed by atoms with E-state index < -0.39 is 4.33 Å². The third-order valence-corrected chi connectivity index (χ3v) is 1.22. The van der Waals surface area contributed by atoms with Crippen molar-refractivity contribution in [3.63, 3.8) is 0 Å². The molecule has 6 heteroatoms. The predicted octanol–water partition coefficient (Wildman–Crippen LogP) is 1.04. The van der Waals surface area contributed by atoms with Crippen molar-refractivity contribution in [2.75, 3.05) is 0 Å². The molecule has 0 radical (unpaired) electrons. The van der Waals surface area contributed by atoms with Gasteiger partial charge in [0.15, 0.2) is 5.40 Å². The van der Waals surface area contributed by atoms with E-state index >= 15 is 0 Å². The summed E-state index contributed by atoms with van der Waals surface area (Å²) in [6.45, 7) is 0. The van der Waals surface area contributed by atoms with E-state index in [1.165, 1.54) is 5.40 Å². The lowest BCUT2D eigenvalue weighted by molar-refractivity contribution is -0.280. The summed E-state index contributed by atoms with van der Waals surface area (Å²) >= 11 is 0. The molecule has 0 aromatic rings. The summed E-state index contributed by atoms with van der Waals surface area (Å²) in [5.74, 6) is 0. The van der Waals surface area contributed by atoms with Crippen molar-refractivity contribution < 1.29 is 4.33 Å². The number of hydrogen-bond acceptors (Lipinski definition) is 5. The fourth-order valence-corrected chi connectivity index (χ4v) is 0.424. The number of rotatable bonds is 2. The first-order valence-electron chi connectivity index (χ1n) is 1.14. The van der Waals surface area contributed by atoms with Crippen LogP contribution >= 0.6 is 21.8 Å². The van der Waals surface area contributed by atoms with Gasteiger partial charge in [-0.1, -0.05) is 0 Å². The number of nitriles is 1. The molecule has 0 heterocycles. The van der Waals surface area contributed by atoms with Crippen LogP contribution in [0.25, 0.3) is 0 Å². The third kappa shape index (κ3) is 5.59. The SMILES string of the molecule is N#CSS[N+](=O)[O-]. The average molecular weight is 136 g/mol. The number of nitro groups is 1. The van der Waals surface area contributed by atoms with Gasteiger partial charge in [0.25, 0.3) is 0 Å². The molecule has 0 unspecified atom stereocenters. The van der Waals surface area contributed by atoms with E-state index in [1.54, 1.807) is 0 Å². The molecule has 0 aliphatic carbocycles. The molecule has 0 fully saturated rings. The minimum atomic E-state index is -0.631. The molecule has 0 rings (SSSR count). The maximum absolute atomic E-state index is 9.35. The van der Waals surface area contributed by atoms with Gasteiger partial charge in [0.2, 0.25) is 0 Å². The summed E-state index contributed by atoms with van der Waals surface area (Å²) in [4.78, 5) is 9.35. The zero-order valence-corrected chi connectivity index (χ0v) is 4.66. The summed E-state index contributed by atoms with van der Waals surface area (Å²) in [7, 11) is 0.848. The second kappa shape index (κ2) is 3.77. The van der Waals surface area contributed by atoms with E-state index in [2.05, 4.69) is 0 Å². The van der Waals surface area contributed by atoms with Gasteiger partial charge >= 0.3 is 11.0 Å². The lowest BCUT2D eigenvalue weighted by Gasteiger charge is -1.72. The van der Waals surface area contributed by atoms with Crippen molar-refractivity contribution >= 4 is 21.8 Å². The number of hydrogen-bond donors (Lipinski definition) is 0. The highest BCUT2D eigenvalue weighted by Crippen LogP contribution is 2.17. The minimum Gasteiger partial charge on any atom is -0.250 e. The minimum absolute atomic E-state index is 0.309. The van der Waals surface area contributed by atoms with E-state index in [4.69, 9.17) is 5.26 Å². The van der Waals surface area contributed by atoms with Crippen LogP contribution < -0.4 is 0 Å². The molecule has 0 N–H and O–H groups in total. The van der Waals surface area contributed by atoms with Crippen LogP contribution in [-0.2, 0) is 0 Å². The maximum Gasteiger partial charge on any atom is 0.316 e. The van der Waals surface area contributed by atoms with Gasteiger partial charge in [-0.05, 0) is 0 Å². The molecule has 0 aliphatic heterocycles. The highest BCUT2D eigenvalue weighted by Gasteiger charge is 1.97. The Morgan fingerprint density at radius 2 is 2.43 bits per heavy atom. The van der Waals surface area contributed by atoms with Crippen LogP contribution in [0, 0.1) is 20.8 Å². The first-order valence-corrected chi connectivity index (χ1v) is 3.25. The van der Waals surface area contributed by atoms with Crippen LogP contribution in [0.2, 0.25) is 0 Å². The largest absolute Gasteiger partial charge is 0.316 e. The van der Waals surface area contributed by atoms with Gasteiger partial charge in [-0.3, -0.25) is 0 Å². The van der Waals surface area contributed by atoms with Crippen LogP contribution in [0.5, 0.6) is 0 Å². The van der Waals surface area contributed by atoms with E-state index in [0.29, 0.717) is 21.8 Å². The number of nitrogens with zero attached hydrogens (tertiary/aromatic N) is 2. The van der Waals surface area contributed by atoms with Crippen LogP contribution in [0.4, 0.5) is 0 Å². The zero-order valence-electron chi connectivity index (χ0n) is 3.03. The quantitative estimate of drug-likeness (QED) is 0.186. The fraction of sp³-hybridized carbons (Fsp3) is 0. The Morgan fingerprint density at radius 1 is 1.86 bits per heavy atom. The molecule has 0 bridgehead atoms. The molecule has 0 aromatic carbocycles. The fourth-order valence-electron chi connectivity index (χ4n) is 0.0471. The van der Waals surface area contributed by atoms with Gasteiger partial charge in [0.1, 0.15) is 15.1 Å². The van der Waals surface area contributed by atoms with Gasteiger partial charge < -0.3 is 0 Å². The van der Waals surface area contributed by atoms with E-state index in [-0.39, 0.29) is 0 Å². The Hall–Kier alpha value is -0.410. The Balaban J connectivity index is 3.02. The molecular weight excluding hydrogens is 136 g/mol. The smallest absolute Gasteiger partial charge is 0.250 e. The van der Waals surface area contributed by atoms with Gasteiger partial charge in [0.05, 0.1) is 0 Å². The van der Waals surface area contributed by atoms with Gasteiger partial charge in [0, 0.05) is 0 Å². The first-order chi connectivity index (χ1) is 3.27. The highest BCUT2D eigenvalue weighted by atomic mass is 33.1. The highest BCUT2D eigenvalue weighted by molar-refractivity contribution is 8.76. The van der Waals surface area contributed by atoms with Crippen molar-refractivity contribution in [3.05, 3.63) is 10.1 Å². The molecule has 0 saturated heterocycles. The van der Waals surface area contributed by atoms with E-state index in [0.717, 1.165) is 0 Å². The van der Waals surface area contributed by atoms with Gasteiger partial charge in [-0.25, -0.2) is 10.1 Å². The van der Waals surface area contributed by atoms with Crippen LogP contribution in [0.1, 0.15) is 0 Å². The Labute approximate surface area is 47.6 Å². The molecule has 0 aromatic heterocycles. The third-order valence-electron chi connectivity index (χ3n) is 0.135. The van der Waals surface area contributed by atoms with Crippen molar-refractivity contribution in [2.24, 2.45) is 0 Å². The first kappa shape index (κ1) is 6.59. The summed E-state index contributed by atoms with van der Waals surface area (Å²) < 4.78 is -0.631. The Kier molecular flexibility index (Phi) is 3.55. The molecule has 0 atom stereocenters. The molecule has 7 heavy (non-hydrogen) atoms. The molecule has 0 aliphatic rings. The second-order valence-corrected chi connectivity index (χ2v) is 2.22. The molecule has 38 valence electrons. The van der Waals surface area contributed by atoms with E-state index in [9.17, 15) is 10.1 Å². The predicted molar refractivity (Wildman–Crippen MR) is 27.8 cm³/mol. The molecule has 0 saturated carbocycles. The van der Waals surface area contributed by atoms with Crippen molar-refractivity contribution in [1.29, 1.82) is 5.26 Å². The van der Waals surface area contributed by atoms with Crippen molar-refractivity contribution in [2.45, 2.75) is 0 Å². The summed E-state index contributed by atoms with van der Waals surface area (Å²) in [6.07, 6.45) is 0. The van der Waals surface area contributed by atoms with Gasteiger partial charge in [-0.15, -0.1) is 0 Å². The summed E-state index contributed by atoms with van der Waals surface area (Å²) in [5, 5.41) is 18.6. The standard InChI is InChI=1S/CN2O2S2/c2-1-6-7-3(4)5. The number of thiocyanates is 1. The second-order valence-electron chi connectivity index (χ2n) is 0.473. The van der Waals surface area contributed by atoms with Crippen LogP contribution in [0.15, 0.2) is 0 Å². The van der Waals surface area contributed by atoms with Crippen LogP contribution in [-0.4, -0.2) is 4.33 Å².